The van der Waals surface area contributed by atoms with Crippen molar-refractivity contribution in [3.8, 4) is 0 Å². The van der Waals surface area contributed by atoms with Gasteiger partial charge in [-0.2, -0.15) is 0 Å². The maximum Gasteiger partial charge on any atom is 0.179 e. The zero-order valence-electron chi connectivity index (χ0n) is 8.94. The van der Waals surface area contributed by atoms with E-state index in [1.807, 2.05) is 0 Å². The molecule has 1 aliphatic rings. The molecule has 0 spiro atoms. The van der Waals surface area contributed by atoms with Crippen molar-refractivity contribution >= 4 is 11.6 Å². The highest BCUT2D eigenvalue weighted by atomic mass is 16.1. The lowest BCUT2D eigenvalue weighted by atomic mass is 10.1. The number of carbonyl (C=O) groups excluding carboxylic acids is 1. The number of carbonyl (C=O) groups is 1. The summed E-state index contributed by atoms with van der Waals surface area (Å²) in [5, 5.41) is 0. The third-order valence-electron chi connectivity index (χ3n) is 2.68. The van der Waals surface area contributed by atoms with Crippen LogP contribution < -0.4 is 4.90 Å². The molecule has 0 N–H and O–H groups in total. The Hall–Kier alpha value is -1.45. The predicted octanol–water partition coefficient (Wildman–Crippen LogP) is 1.67. The molecule has 2 rings (SSSR count). The lowest BCUT2D eigenvalue weighted by molar-refractivity contribution is 0.101. The summed E-state index contributed by atoms with van der Waals surface area (Å²) in [7, 11) is 0. The van der Waals surface area contributed by atoms with Gasteiger partial charge in [0.25, 0.3) is 0 Å². The lowest BCUT2D eigenvalue weighted by Crippen LogP contribution is -2.30. The number of anilines is 1. The number of piperidine rings is 1. The van der Waals surface area contributed by atoms with Crippen LogP contribution in [0.3, 0.4) is 0 Å². The molecule has 0 unspecified atom stereocenters. The molecule has 4 nitrogen and oxygen atoms in total. The minimum atomic E-state index is -0.0345. The summed E-state index contributed by atoms with van der Waals surface area (Å²) < 4.78 is 0. The normalized spacial score (nSPS) is 16.5. The van der Waals surface area contributed by atoms with Crippen molar-refractivity contribution in [1.29, 1.82) is 0 Å². The van der Waals surface area contributed by atoms with Gasteiger partial charge in [0.15, 0.2) is 5.78 Å². The molecule has 1 saturated heterocycles. The largest absolute Gasteiger partial charge is 0.355 e. The summed E-state index contributed by atoms with van der Waals surface area (Å²) in [4.78, 5) is 21.6. The molecule has 0 bridgehead atoms. The number of rotatable bonds is 2. The lowest BCUT2D eigenvalue weighted by Gasteiger charge is -2.27. The highest BCUT2D eigenvalue weighted by molar-refractivity contribution is 5.91. The number of Topliss-reactive ketones (excluding diaryl/α,β-unsaturated/α-hetero) is 1. The minimum absolute atomic E-state index is 0.0345. The smallest absolute Gasteiger partial charge is 0.179 e. The molecular formula is C11H15N3O. The van der Waals surface area contributed by atoms with Gasteiger partial charge in [-0.15, -0.1) is 0 Å². The van der Waals surface area contributed by atoms with Gasteiger partial charge >= 0.3 is 0 Å². The third kappa shape index (κ3) is 2.32. The molecule has 0 aliphatic carbocycles. The summed E-state index contributed by atoms with van der Waals surface area (Å²) in [6.45, 7) is 3.60. The predicted molar refractivity (Wildman–Crippen MR) is 58.1 cm³/mol. The Morgan fingerprint density at radius 3 is 2.47 bits per heavy atom. The van der Waals surface area contributed by atoms with Crippen LogP contribution in [0.5, 0.6) is 0 Å². The number of nitrogens with zero attached hydrogens (tertiary/aromatic N) is 3. The number of hydrogen-bond acceptors (Lipinski definition) is 4. The fourth-order valence-corrected chi connectivity index (χ4v) is 1.79. The first-order chi connectivity index (χ1) is 7.27. The molecule has 1 fully saturated rings. The second kappa shape index (κ2) is 4.38. The van der Waals surface area contributed by atoms with Gasteiger partial charge in [-0.3, -0.25) is 4.79 Å². The third-order valence-corrected chi connectivity index (χ3v) is 2.68. The number of ketones is 1. The highest BCUT2D eigenvalue weighted by Crippen LogP contribution is 2.16. The average molecular weight is 205 g/mol. The standard InChI is InChI=1S/C11H15N3O/c1-9(15)10-7-13-11(8-12-10)14-5-3-2-4-6-14/h7-8H,2-6H2,1H3. The molecule has 0 atom stereocenters. The van der Waals surface area contributed by atoms with E-state index >= 15 is 0 Å². The van der Waals surface area contributed by atoms with Crippen molar-refractivity contribution in [1.82, 2.24) is 9.97 Å². The first-order valence-corrected chi connectivity index (χ1v) is 5.35. The van der Waals surface area contributed by atoms with Crippen LogP contribution in [0.4, 0.5) is 5.82 Å². The van der Waals surface area contributed by atoms with Crippen molar-refractivity contribution < 1.29 is 4.79 Å². The van der Waals surface area contributed by atoms with Crippen LogP contribution in [0.1, 0.15) is 36.7 Å². The van der Waals surface area contributed by atoms with Gasteiger partial charge in [0.2, 0.25) is 0 Å². The van der Waals surface area contributed by atoms with E-state index in [0.717, 1.165) is 18.9 Å². The Labute approximate surface area is 89.3 Å². The summed E-state index contributed by atoms with van der Waals surface area (Å²) in [6.07, 6.45) is 7.00. The molecule has 0 amide bonds. The Bertz CT molecular complexity index is 341. The molecule has 1 aliphatic heterocycles. The van der Waals surface area contributed by atoms with Crippen molar-refractivity contribution in [2.45, 2.75) is 26.2 Å². The first kappa shape index (κ1) is 10.1. The van der Waals surface area contributed by atoms with Crippen LogP contribution in [0.2, 0.25) is 0 Å². The highest BCUT2D eigenvalue weighted by Gasteiger charge is 2.12. The van der Waals surface area contributed by atoms with Crippen LogP contribution in [0.25, 0.3) is 0 Å². The van der Waals surface area contributed by atoms with Crippen molar-refractivity contribution in [2.24, 2.45) is 0 Å². The van der Waals surface area contributed by atoms with Gasteiger partial charge in [-0.25, -0.2) is 9.97 Å². The number of aromatic nitrogens is 2. The van der Waals surface area contributed by atoms with E-state index in [0.29, 0.717) is 5.69 Å². The van der Waals surface area contributed by atoms with Crippen LogP contribution in [0, 0.1) is 0 Å². The Balaban J connectivity index is 2.11. The van der Waals surface area contributed by atoms with Gasteiger partial charge in [0.1, 0.15) is 11.5 Å². The monoisotopic (exact) mass is 205 g/mol. The molecule has 2 heterocycles. The topological polar surface area (TPSA) is 46.1 Å². The van der Waals surface area contributed by atoms with Crippen LogP contribution in [0.15, 0.2) is 12.4 Å². The van der Waals surface area contributed by atoms with Gasteiger partial charge in [-0.1, -0.05) is 0 Å². The Kier molecular flexibility index (Phi) is 2.94. The zero-order valence-corrected chi connectivity index (χ0v) is 8.94. The van der Waals surface area contributed by atoms with E-state index in [1.165, 1.54) is 26.2 Å². The van der Waals surface area contributed by atoms with Gasteiger partial charge in [0, 0.05) is 20.0 Å². The van der Waals surface area contributed by atoms with Gasteiger partial charge in [0.05, 0.1) is 12.4 Å². The fraction of sp³-hybridized carbons (Fsp3) is 0.545. The maximum absolute atomic E-state index is 11.0. The molecule has 0 radical (unpaired) electrons. The van der Waals surface area contributed by atoms with E-state index < -0.39 is 0 Å². The Morgan fingerprint density at radius 2 is 1.93 bits per heavy atom. The summed E-state index contributed by atoms with van der Waals surface area (Å²) in [6, 6.07) is 0. The molecular weight excluding hydrogens is 190 g/mol. The van der Waals surface area contributed by atoms with Crippen molar-refractivity contribution in [2.75, 3.05) is 18.0 Å². The Morgan fingerprint density at radius 1 is 1.20 bits per heavy atom. The van der Waals surface area contributed by atoms with E-state index in [1.54, 1.807) is 12.4 Å². The van der Waals surface area contributed by atoms with Crippen molar-refractivity contribution in [3.05, 3.63) is 18.1 Å². The maximum atomic E-state index is 11.0. The summed E-state index contributed by atoms with van der Waals surface area (Å²) >= 11 is 0. The van der Waals surface area contributed by atoms with Gasteiger partial charge < -0.3 is 4.90 Å². The minimum Gasteiger partial charge on any atom is -0.355 e. The molecule has 1 aromatic rings. The number of hydrogen-bond donors (Lipinski definition) is 0. The molecule has 4 heteroatoms. The van der Waals surface area contributed by atoms with E-state index in [-0.39, 0.29) is 5.78 Å². The van der Waals surface area contributed by atoms with E-state index in [9.17, 15) is 4.79 Å². The molecule has 1 aromatic heterocycles. The molecule has 15 heavy (non-hydrogen) atoms. The summed E-state index contributed by atoms with van der Waals surface area (Å²) in [5.74, 6) is 0.854. The SMILES string of the molecule is CC(=O)c1cnc(N2CCCCC2)cn1. The van der Waals surface area contributed by atoms with E-state index in [2.05, 4.69) is 14.9 Å². The second-order valence-corrected chi connectivity index (χ2v) is 3.86. The van der Waals surface area contributed by atoms with Crippen LogP contribution in [-0.4, -0.2) is 28.8 Å². The van der Waals surface area contributed by atoms with E-state index in [4.69, 9.17) is 0 Å². The molecule has 0 saturated carbocycles. The summed E-state index contributed by atoms with van der Waals surface area (Å²) in [5.41, 5.74) is 0.441. The molecule has 0 aromatic carbocycles. The average Bonchev–Trinajstić information content (AvgIpc) is 2.30. The fourth-order valence-electron chi connectivity index (χ4n) is 1.79. The zero-order chi connectivity index (χ0) is 10.7. The molecule has 80 valence electrons. The van der Waals surface area contributed by atoms with Crippen molar-refractivity contribution in [3.63, 3.8) is 0 Å². The quantitative estimate of drug-likeness (QED) is 0.689. The second-order valence-electron chi connectivity index (χ2n) is 3.86. The first-order valence-electron chi connectivity index (χ1n) is 5.35. The van der Waals surface area contributed by atoms with Crippen LogP contribution in [-0.2, 0) is 0 Å². The van der Waals surface area contributed by atoms with Gasteiger partial charge in [-0.05, 0) is 19.3 Å². The van der Waals surface area contributed by atoms with Crippen LogP contribution >= 0.6 is 0 Å².